The summed E-state index contributed by atoms with van der Waals surface area (Å²) in [5, 5.41) is 1.79. The van der Waals surface area contributed by atoms with E-state index < -0.39 is 0 Å². The number of hydrogen-bond donors (Lipinski definition) is 0. The van der Waals surface area contributed by atoms with E-state index in [0.717, 1.165) is 16.5 Å². The highest BCUT2D eigenvalue weighted by atomic mass is 35.5. The summed E-state index contributed by atoms with van der Waals surface area (Å²) in [6, 6.07) is 8.08. The quantitative estimate of drug-likeness (QED) is 0.594. The molecule has 0 atom stereocenters. The Bertz CT molecular complexity index is 749. The topological polar surface area (TPSA) is 30.7 Å². The van der Waals surface area contributed by atoms with Crippen molar-refractivity contribution in [3.8, 4) is 11.3 Å². The molecule has 0 unspecified atom stereocenters. The van der Waals surface area contributed by atoms with Crippen LogP contribution in [0.3, 0.4) is 0 Å². The van der Waals surface area contributed by atoms with E-state index in [1.807, 2.05) is 36.0 Å². The Labute approximate surface area is 120 Å². The van der Waals surface area contributed by atoms with E-state index in [4.69, 9.17) is 23.2 Å². The summed E-state index contributed by atoms with van der Waals surface area (Å²) in [5.41, 5.74) is 2.74. The molecule has 0 saturated heterocycles. The molecule has 18 heavy (non-hydrogen) atoms. The fourth-order valence-electron chi connectivity index (χ4n) is 2.06. The van der Waals surface area contributed by atoms with Crippen molar-refractivity contribution in [2.75, 3.05) is 0 Å². The SMILES string of the molecule is Cn1cc(-c2nc(Cl)ncc2Cl)c2ccccc21.[HH].[HH].[HH].[HH]. The Morgan fingerprint density at radius 1 is 1.22 bits per heavy atom. The molecule has 0 bridgehead atoms. The van der Waals surface area contributed by atoms with Gasteiger partial charge in [0.15, 0.2) is 0 Å². The molecule has 0 saturated carbocycles. The van der Waals surface area contributed by atoms with Crippen molar-refractivity contribution in [3.63, 3.8) is 0 Å². The van der Waals surface area contributed by atoms with Crippen molar-refractivity contribution in [1.29, 1.82) is 0 Å². The molecular formula is C13H17Cl2N3. The lowest BCUT2D eigenvalue weighted by molar-refractivity contribution is 0.969. The highest BCUT2D eigenvalue weighted by Gasteiger charge is 2.13. The van der Waals surface area contributed by atoms with E-state index in [1.165, 1.54) is 6.20 Å². The smallest absolute Gasteiger partial charge is 0.222 e. The highest BCUT2D eigenvalue weighted by molar-refractivity contribution is 6.34. The molecule has 2 aromatic heterocycles. The van der Waals surface area contributed by atoms with Gasteiger partial charge in [-0.3, -0.25) is 0 Å². The van der Waals surface area contributed by atoms with Gasteiger partial charge < -0.3 is 4.57 Å². The lowest BCUT2D eigenvalue weighted by Gasteiger charge is -2.01. The standard InChI is InChI=1S/C13H9Cl2N3.4H2/c1-18-7-9(8-4-2-3-5-11(8)18)12-10(14)6-16-13(15)17-12;;;;/h2-7H,1H3;4*1H. The lowest BCUT2D eigenvalue weighted by Crippen LogP contribution is -1.88. The molecule has 0 N–H and O–H groups in total. The average Bonchev–Trinajstić information content (AvgIpc) is 2.71. The molecular weight excluding hydrogens is 269 g/mol. The molecule has 0 radical (unpaired) electrons. The predicted octanol–water partition coefficient (Wildman–Crippen LogP) is 4.93. The van der Waals surface area contributed by atoms with E-state index in [9.17, 15) is 0 Å². The van der Waals surface area contributed by atoms with Crippen LogP contribution in [-0.4, -0.2) is 14.5 Å². The highest BCUT2D eigenvalue weighted by Crippen LogP contribution is 2.33. The van der Waals surface area contributed by atoms with E-state index in [-0.39, 0.29) is 11.0 Å². The fraction of sp³-hybridized carbons (Fsp3) is 0.0769. The van der Waals surface area contributed by atoms with Crippen molar-refractivity contribution in [2.24, 2.45) is 7.05 Å². The molecule has 3 rings (SSSR count). The van der Waals surface area contributed by atoms with Gasteiger partial charge in [-0.1, -0.05) is 29.8 Å². The average molecular weight is 286 g/mol. The second kappa shape index (κ2) is 4.26. The van der Waals surface area contributed by atoms with Crippen LogP contribution >= 0.6 is 23.2 Å². The Hall–Kier alpha value is -1.58. The zero-order chi connectivity index (χ0) is 12.7. The molecule has 0 aliphatic rings. The van der Waals surface area contributed by atoms with Gasteiger partial charge in [0, 0.05) is 35.4 Å². The maximum Gasteiger partial charge on any atom is 0.222 e. The Morgan fingerprint density at radius 3 is 2.83 bits per heavy atom. The number of para-hydroxylation sites is 1. The number of hydrogen-bond acceptors (Lipinski definition) is 2. The van der Waals surface area contributed by atoms with E-state index in [2.05, 4.69) is 16.0 Å². The van der Waals surface area contributed by atoms with Gasteiger partial charge in [0.2, 0.25) is 5.28 Å². The first-order valence-electron chi connectivity index (χ1n) is 5.39. The summed E-state index contributed by atoms with van der Waals surface area (Å²) < 4.78 is 2.04. The molecule has 0 aliphatic heterocycles. The van der Waals surface area contributed by atoms with Crippen LogP contribution in [0, 0.1) is 0 Å². The van der Waals surface area contributed by atoms with Gasteiger partial charge in [0.1, 0.15) is 0 Å². The van der Waals surface area contributed by atoms with Gasteiger partial charge in [0.05, 0.1) is 16.9 Å². The third-order valence-corrected chi connectivity index (χ3v) is 3.33. The number of fused-ring (bicyclic) bond motifs is 1. The third kappa shape index (κ3) is 1.76. The molecule has 0 amide bonds. The molecule has 5 heteroatoms. The van der Waals surface area contributed by atoms with Gasteiger partial charge in [-0.2, -0.15) is 0 Å². The first kappa shape index (κ1) is 11.5. The number of rotatable bonds is 1. The number of nitrogens with zero attached hydrogens (tertiary/aromatic N) is 3. The summed E-state index contributed by atoms with van der Waals surface area (Å²) in [5.74, 6) is 0. The van der Waals surface area contributed by atoms with Crippen LogP contribution in [0.25, 0.3) is 22.2 Å². The minimum atomic E-state index is 0. The first-order valence-corrected chi connectivity index (χ1v) is 6.15. The van der Waals surface area contributed by atoms with Gasteiger partial charge in [-0.05, 0) is 17.7 Å². The van der Waals surface area contributed by atoms with Crippen LogP contribution in [0.1, 0.15) is 5.71 Å². The summed E-state index contributed by atoms with van der Waals surface area (Å²) in [6.07, 6.45) is 3.52. The van der Waals surface area contributed by atoms with Gasteiger partial charge >= 0.3 is 0 Å². The monoisotopic (exact) mass is 285 g/mol. The van der Waals surface area contributed by atoms with Gasteiger partial charge in [-0.15, -0.1) is 0 Å². The number of aromatic nitrogens is 3. The van der Waals surface area contributed by atoms with Crippen LogP contribution in [0.5, 0.6) is 0 Å². The summed E-state index contributed by atoms with van der Waals surface area (Å²) in [7, 11) is 1.99. The maximum absolute atomic E-state index is 6.15. The molecule has 1 aromatic carbocycles. The maximum atomic E-state index is 6.15. The number of halogens is 2. The van der Waals surface area contributed by atoms with Crippen LogP contribution in [0.2, 0.25) is 10.3 Å². The van der Waals surface area contributed by atoms with Crippen LogP contribution in [0.15, 0.2) is 36.7 Å². The molecule has 3 nitrogen and oxygen atoms in total. The summed E-state index contributed by atoms with van der Waals surface area (Å²) in [4.78, 5) is 8.08. The summed E-state index contributed by atoms with van der Waals surface area (Å²) in [6.45, 7) is 0. The zero-order valence-corrected chi connectivity index (χ0v) is 11.1. The molecule has 0 aliphatic carbocycles. The van der Waals surface area contributed by atoms with Crippen molar-refractivity contribution in [3.05, 3.63) is 47.0 Å². The van der Waals surface area contributed by atoms with Crippen molar-refractivity contribution in [1.82, 2.24) is 14.5 Å². The molecule has 0 fully saturated rings. The van der Waals surface area contributed by atoms with E-state index in [0.29, 0.717) is 10.7 Å². The molecule has 3 aromatic rings. The lowest BCUT2D eigenvalue weighted by atomic mass is 10.1. The number of aryl methyl sites for hydroxylation is 1. The second-order valence-electron chi connectivity index (χ2n) is 4.01. The van der Waals surface area contributed by atoms with Crippen LogP contribution in [0.4, 0.5) is 0 Å². The Morgan fingerprint density at radius 2 is 2.00 bits per heavy atom. The Kier molecular flexibility index (Phi) is 2.73. The Balaban J connectivity index is 0. The van der Waals surface area contributed by atoms with Crippen LogP contribution in [-0.2, 0) is 7.05 Å². The molecule has 2 heterocycles. The van der Waals surface area contributed by atoms with Crippen LogP contribution < -0.4 is 0 Å². The van der Waals surface area contributed by atoms with Crippen molar-refractivity contribution >= 4 is 34.1 Å². The van der Waals surface area contributed by atoms with Crippen molar-refractivity contribution < 1.29 is 5.71 Å². The zero-order valence-electron chi connectivity index (χ0n) is 9.56. The fourth-order valence-corrected chi connectivity index (χ4v) is 2.39. The largest absolute Gasteiger partial charge is 0.350 e. The van der Waals surface area contributed by atoms with Gasteiger partial charge in [-0.25, -0.2) is 9.97 Å². The summed E-state index contributed by atoms with van der Waals surface area (Å²) >= 11 is 12.0. The third-order valence-electron chi connectivity index (χ3n) is 2.87. The molecule has 0 spiro atoms. The predicted molar refractivity (Wildman–Crippen MR) is 82.4 cm³/mol. The van der Waals surface area contributed by atoms with E-state index in [1.54, 1.807) is 0 Å². The molecule has 98 valence electrons. The number of benzene rings is 1. The van der Waals surface area contributed by atoms with Crippen molar-refractivity contribution in [2.45, 2.75) is 0 Å². The first-order chi connectivity index (χ1) is 8.66. The minimum absolute atomic E-state index is 0. The van der Waals surface area contributed by atoms with Gasteiger partial charge in [0.25, 0.3) is 0 Å². The normalized spacial score (nSPS) is 11.1. The van der Waals surface area contributed by atoms with E-state index >= 15 is 0 Å². The minimum Gasteiger partial charge on any atom is -0.350 e. The second-order valence-corrected chi connectivity index (χ2v) is 4.75.